The zero-order chi connectivity index (χ0) is 32.3. The van der Waals surface area contributed by atoms with E-state index < -0.39 is 38.2 Å². The minimum absolute atomic E-state index is 0.151. The van der Waals surface area contributed by atoms with Crippen LogP contribution in [0.25, 0.3) is 0 Å². The van der Waals surface area contributed by atoms with Crippen molar-refractivity contribution in [1.82, 2.24) is 0 Å². The maximum absolute atomic E-state index is 11.7. The Hall–Kier alpha value is -2.96. The Morgan fingerprint density at radius 2 is 1.40 bits per heavy atom. The van der Waals surface area contributed by atoms with Crippen molar-refractivity contribution in [1.29, 1.82) is 0 Å². The molecule has 2 aliphatic heterocycles. The smallest absolute Gasteiger partial charge is 0.261 e. The summed E-state index contributed by atoms with van der Waals surface area (Å²) in [5, 5.41) is 17.0. The maximum Gasteiger partial charge on any atom is 0.261 e. The molecule has 0 spiro atoms. The van der Waals surface area contributed by atoms with E-state index in [0.29, 0.717) is 24.7 Å². The lowest BCUT2D eigenvalue weighted by molar-refractivity contribution is -0.454. The number of aliphatic hydroxyl groups is 1. The summed E-state index contributed by atoms with van der Waals surface area (Å²) in [5.41, 5.74) is 0.784. The number of fused-ring (bicyclic) bond motifs is 1. The molecule has 0 saturated carbocycles. The molecule has 0 aliphatic carbocycles. The van der Waals surface area contributed by atoms with Crippen molar-refractivity contribution < 1.29 is 38.0 Å². The van der Waals surface area contributed by atoms with Crippen LogP contribution in [0.1, 0.15) is 34.6 Å². The number of methoxy groups -OCH3 is 2. The average Bonchev–Trinajstić information content (AvgIpc) is 3.05. The summed E-state index contributed by atoms with van der Waals surface area (Å²) in [6, 6.07) is 26.5. The van der Waals surface area contributed by atoms with Crippen LogP contribution in [0, 0.1) is 0 Å². The van der Waals surface area contributed by atoms with Gasteiger partial charge in [-0.25, -0.2) is 0 Å². The first-order valence-corrected chi connectivity index (χ1v) is 17.4. The molecule has 45 heavy (non-hydrogen) atoms. The zero-order valence-corrected chi connectivity index (χ0v) is 28.4. The maximum atomic E-state index is 11.7. The van der Waals surface area contributed by atoms with Gasteiger partial charge in [-0.05, 0) is 41.4 Å². The van der Waals surface area contributed by atoms with Gasteiger partial charge in [-0.3, -0.25) is 0 Å². The lowest BCUT2D eigenvalue weighted by Crippen LogP contribution is -2.70. The molecule has 9 nitrogen and oxygen atoms in total. The van der Waals surface area contributed by atoms with Gasteiger partial charge in [-0.2, -0.15) is 0 Å². The predicted octanol–water partition coefficient (Wildman–Crippen LogP) is 4.32. The number of benzene rings is 3. The zero-order valence-electron chi connectivity index (χ0n) is 27.4. The summed E-state index contributed by atoms with van der Waals surface area (Å²) in [4.78, 5) is 0. The lowest BCUT2D eigenvalue weighted by Gasteiger charge is -2.53. The van der Waals surface area contributed by atoms with Crippen molar-refractivity contribution in [3.63, 3.8) is 0 Å². The molecule has 5 rings (SSSR count). The molecule has 1 unspecified atom stereocenters. The number of hydrogen-bond acceptors (Lipinski definition) is 9. The van der Waals surface area contributed by atoms with Gasteiger partial charge < -0.3 is 43.3 Å². The summed E-state index contributed by atoms with van der Waals surface area (Å²) in [6.07, 6.45) is -2.51. The van der Waals surface area contributed by atoms with Gasteiger partial charge in [-0.1, -0.05) is 81.4 Å². The molecule has 0 bridgehead atoms. The summed E-state index contributed by atoms with van der Waals surface area (Å²) >= 11 is 0. The molecule has 3 aromatic carbocycles. The second kappa shape index (κ2) is 13.4. The first kappa shape index (κ1) is 33.4. The van der Waals surface area contributed by atoms with Crippen LogP contribution in [0.5, 0.6) is 11.5 Å². The molecule has 2 N–H and O–H groups in total. The fraction of sp³-hybridized carbons (Fsp3) is 0.486. The van der Waals surface area contributed by atoms with Gasteiger partial charge >= 0.3 is 0 Å². The highest BCUT2D eigenvalue weighted by atomic mass is 28.4. The average molecular weight is 638 g/mol. The van der Waals surface area contributed by atoms with E-state index >= 15 is 0 Å². The summed E-state index contributed by atoms with van der Waals surface area (Å²) < 4.78 is 43.5. The minimum Gasteiger partial charge on any atom is -0.486 e. The molecule has 0 amide bonds. The van der Waals surface area contributed by atoms with Gasteiger partial charge in [0.15, 0.2) is 11.5 Å². The molecule has 10 heteroatoms. The second-order valence-electron chi connectivity index (χ2n) is 12.8. The van der Waals surface area contributed by atoms with Crippen LogP contribution in [0.3, 0.4) is 0 Å². The van der Waals surface area contributed by atoms with Gasteiger partial charge in [0.05, 0.1) is 6.61 Å². The van der Waals surface area contributed by atoms with E-state index in [-0.39, 0.29) is 18.2 Å². The molecule has 1 fully saturated rings. The molecule has 1 saturated heterocycles. The normalized spacial score (nSPS) is 25.9. The molecule has 0 aromatic heterocycles. The summed E-state index contributed by atoms with van der Waals surface area (Å²) in [6.45, 7) is 11.5. The van der Waals surface area contributed by atoms with Crippen LogP contribution in [0.15, 0.2) is 78.9 Å². The van der Waals surface area contributed by atoms with Gasteiger partial charge in [0.1, 0.15) is 31.5 Å². The number of hydrogen-bond donors (Lipinski definition) is 2. The van der Waals surface area contributed by atoms with Crippen LogP contribution in [-0.4, -0.2) is 83.9 Å². The van der Waals surface area contributed by atoms with Crippen LogP contribution < -0.4 is 25.2 Å². The third-order valence-electron chi connectivity index (χ3n) is 9.03. The van der Waals surface area contributed by atoms with E-state index in [1.54, 1.807) is 21.0 Å². The number of ether oxygens (including phenoxy) is 6. The van der Waals surface area contributed by atoms with Crippen LogP contribution in [0.2, 0.25) is 5.04 Å². The molecule has 0 radical (unpaired) electrons. The number of rotatable bonds is 11. The quantitative estimate of drug-likeness (QED) is 0.298. The van der Waals surface area contributed by atoms with Crippen molar-refractivity contribution >= 4 is 24.4 Å². The molecule has 5 atom stereocenters. The third kappa shape index (κ3) is 6.51. The van der Waals surface area contributed by atoms with Crippen molar-refractivity contribution in [2.75, 3.05) is 45.9 Å². The third-order valence-corrected chi connectivity index (χ3v) is 14.0. The van der Waals surface area contributed by atoms with E-state index in [2.05, 4.69) is 74.6 Å². The molecule has 2 heterocycles. The number of nitrogens with one attached hydrogen (secondary N) is 1. The lowest BCUT2D eigenvalue weighted by atomic mass is 10.0. The highest BCUT2D eigenvalue weighted by molar-refractivity contribution is 6.99. The largest absolute Gasteiger partial charge is 0.486 e. The molecular formula is C35H47NO8Si. The molecule has 2 aliphatic rings. The SMILES string of the molecule is CO[C@@]1(C)O[C@H](C(O)CNc2ccc3c(c2)OCCO3)[C@@H](CO[Si](c2ccccc2)(c2ccccc2)C(C)(C)C)O[C@]1(C)OC. The van der Waals surface area contributed by atoms with Crippen molar-refractivity contribution in [2.24, 2.45) is 0 Å². The summed E-state index contributed by atoms with van der Waals surface area (Å²) in [7, 11) is 0.181. The fourth-order valence-electron chi connectivity index (χ4n) is 6.29. The summed E-state index contributed by atoms with van der Waals surface area (Å²) in [5.74, 6) is -1.22. The Morgan fingerprint density at radius 1 is 0.844 bits per heavy atom. The Bertz CT molecular complexity index is 1360. The minimum atomic E-state index is -2.91. The van der Waals surface area contributed by atoms with E-state index in [4.69, 9.17) is 32.8 Å². The highest BCUT2D eigenvalue weighted by Crippen LogP contribution is 2.42. The van der Waals surface area contributed by atoms with Crippen LogP contribution >= 0.6 is 0 Å². The first-order valence-electron chi connectivity index (χ1n) is 15.5. The van der Waals surface area contributed by atoms with Crippen molar-refractivity contribution in [3.05, 3.63) is 78.9 Å². The highest BCUT2D eigenvalue weighted by Gasteiger charge is 2.59. The molecule has 244 valence electrons. The number of anilines is 1. The van der Waals surface area contributed by atoms with Gasteiger partial charge in [0, 0.05) is 32.5 Å². The second-order valence-corrected chi connectivity index (χ2v) is 17.1. The molecular weight excluding hydrogens is 590 g/mol. The van der Waals surface area contributed by atoms with E-state index in [0.717, 1.165) is 16.1 Å². The van der Waals surface area contributed by atoms with E-state index in [1.165, 1.54) is 7.11 Å². The Kier molecular flexibility index (Phi) is 9.95. The topological polar surface area (TPSA) is 96.9 Å². The van der Waals surface area contributed by atoms with Crippen LogP contribution in [0.4, 0.5) is 5.69 Å². The standard InChI is InChI=1S/C35H47NO8Si/c1-33(2,3)45(26-14-10-8-11-15-26,27-16-12-9-13-17-27)42-24-31-32(44-35(5,39-7)34(4,38-6)43-31)28(37)23-36-25-18-19-29-30(22-25)41-21-20-40-29/h8-19,22,28,31-32,36-37H,20-21,23-24H2,1-7H3/t28?,31-,32-,34+,35+/m1/s1. The van der Waals surface area contributed by atoms with Gasteiger partial charge in [0.25, 0.3) is 8.32 Å². The monoisotopic (exact) mass is 637 g/mol. The number of aliphatic hydroxyl groups excluding tert-OH is 1. The predicted molar refractivity (Wildman–Crippen MR) is 176 cm³/mol. The fourth-order valence-corrected chi connectivity index (χ4v) is 10.9. The van der Waals surface area contributed by atoms with E-state index in [9.17, 15) is 5.11 Å². The van der Waals surface area contributed by atoms with Crippen LogP contribution in [-0.2, 0) is 23.4 Å². The Labute approximate surface area is 267 Å². The molecule has 3 aromatic rings. The first-order chi connectivity index (χ1) is 21.5. The van der Waals surface area contributed by atoms with E-state index in [1.807, 2.05) is 30.3 Å². The van der Waals surface area contributed by atoms with Crippen molar-refractivity contribution in [3.8, 4) is 11.5 Å². The van der Waals surface area contributed by atoms with Gasteiger partial charge in [-0.15, -0.1) is 0 Å². The Morgan fingerprint density at radius 3 is 1.96 bits per heavy atom. The Balaban J connectivity index is 1.45. The van der Waals surface area contributed by atoms with Gasteiger partial charge in [0.2, 0.25) is 11.6 Å². The van der Waals surface area contributed by atoms with Crippen molar-refractivity contribution in [2.45, 2.75) is 69.5 Å².